The summed E-state index contributed by atoms with van der Waals surface area (Å²) in [5.41, 5.74) is 1.89. The summed E-state index contributed by atoms with van der Waals surface area (Å²) in [6, 6.07) is 5.72. The molecule has 2 fully saturated rings. The van der Waals surface area contributed by atoms with Gasteiger partial charge in [0.05, 0.1) is 35.4 Å². The molecule has 3 aromatic rings. The second-order valence-electron chi connectivity index (χ2n) is 15.3. The van der Waals surface area contributed by atoms with E-state index in [0.29, 0.717) is 30.8 Å². The molecular formula is C40H53N5O7S2. The van der Waals surface area contributed by atoms with E-state index in [-0.39, 0.29) is 37.0 Å². The Morgan fingerprint density at radius 3 is 2.56 bits per heavy atom. The van der Waals surface area contributed by atoms with Gasteiger partial charge in [-0.1, -0.05) is 39.8 Å². The fourth-order valence-corrected chi connectivity index (χ4v) is 9.66. The standard InChI is InChI=1S/C40H53N5O7S2/c1-8-24(5)54(49,50)44-39(48)40-21-25(40)14-12-10-11-13-17-45(6)38(47)30-19-26(18-29(30)36(46)43-40)52-34-20-31(37-42-32(22-53-37)23(3)4)41-35-27(9-2)33(51-7)16-15-28(34)35/h12,14-16,20,22-26,29-30H,8-11,13,17-19,21H2,1-7H3,(H,43,46)(H,44,48)/b14-12-/t24?,25-,26-,29-,30-,40-/m1/s1. The number of carbonyl (C=O) groups is 3. The molecule has 6 atom stereocenters. The number of allylic oxidation sites excluding steroid dienone is 1. The van der Waals surface area contributed by atoms with E-state index in [2.05, 4.69) is 23.9 Å². The first-order valence-corrected chi connectivity index (χ1v) is 21.6. The van der Waals surface area contributed by atoms with Crippen LogP contribution in [0.2, 0.25) is 0 Å². The number of aryl methyl sites for hydroxylation is 1. The first-order chi connectivity index (χ1) is 25.7. The Morgan fingerprint density at radius 1 is 1.11 bits per heavy atom. The van der Waals surface area contributed by atoms with Crippen LogP contribution in [0.25, 0.3) is 21.6 Å². The fourth-order valence-electron chi connectivity index (χ4n) is 7.64. The van der Waals surface area contributed by atoms with E-state index in [9.17, 15) is 22.8 Å². The van der Waals surface area contributed by atoms with Crippen LogP contribution in [0.5, 0.6) is 11.5 Å². The molecule has 3 heterocycles. The molecule has 12 nitrogen and oxygen atoms in total. The van der Waals surface area contributed by atoms with E-state index in [0.717, 1.165) is 52.2 Å². The van der Waals surface area contributed by atoms with Crippen molar-refractivity contribution in [1.82, 2.24) is 24.9 Å². The highest BCUT2D eigenvalue weighted by atomic mass is 32.2. The van der Waals surface area contributed by atoms with Gasteiger partial charge in [-0.05, 0) is 76.3 Å². The second kappa shape index (κ2) is 16.0. The number of rotatable bonds is 10. The fraction of sp³-hybridized carbons (Fsp3) is 0.575. The normalized spacial score (nSPS) is 26.0. The first kappa shape index (κ1) is 39.6. The lowest BCUT2D eigenvalue weighted by atomic mass is 9.93. The number of hydrogen-bond acceptors (Lipinski definition) is 10. The molecule has 0 spiro atoms. The Bertz CT molecular complexity index is 2050. The van der Waals surface area contributed by atoms with Gasteiger partial charge in [-0.15, -0.1) is 11.3 Å². The number of benzene rings is 1. The minimum atomic E-state index is -3.95. The zero-order valence-corrected chi connectivity index (χ0v) is 33.9. The highest BCUT2D eigenvalue weighted by Gasteiger charge is 2.62. The van der Waals surface area contributed by atoms with E-state index in [1.54, 1.807) is 32.9 Å². The number of ether oxygens (including phenoxy) is 2. The van der Waals surface area contributed by atoms with E-state index >= 15 is 0 Å². The van der Waals surface area contributed by atoms with Crippen molar-refractivity contribution in [3.63, 3.8) is 0 Å². The van der Waals surface area contributed by atoms with Gasteiger partial charge in [0, 0.05) is 41.9 Å². The van der Waals surface area contributed by atoms with Gasteiger partial charge in [-0.25, -0.2) is 18.4 Å². The average Bonchev–Trinajstić information content (AvgIpc) is 3.43. The smallest absolute Gasteiger partial charge is 0.259 e. The van der Waals surface area contributed by atoms with Crippen LogP contribution in [0.4, 0.5) is 0 Å². The maximum Gasteiger partial charge on any atom is 0.259 e. The number of nitrogens with one attached hydrogen (secondary N) is 2. The molecule has 3 amide bonds. The number of sulfonamides is 1. The topological polar surface area (TPSA) is 157 Å². The predicted octanol–water partition coefficient (Wildman–Crippen LogP) is 6.14. The van der Waals surface area contributed by atoms with E-state index in [1.807, 2.05) is 42.7 Å². The van der Waals surface area contributed by atoms with Crippen LogP contribution in [0.1, 0.15) is 96.7 Å². The number of aromatic nitrogens is 2. The van der Waals surface area contributed by atoms with E-state index in [4.69, 9.17) is 19.4 Å². The number of methoxy groups -OCH3 is 1. The van der Waals surface area contributed by atoms with Crippen LogP contribution in [-0.4, -0.2) is 78.6 Å². The maximum absolute atomic E-state index is 14.4. The van der Waals surface area contributed by atoms with Gasteiger partial charge in [0.2, 0.25) is 21.8 Å². The third-order valence-electron chi connectivity index (χ3n) is 11.3. The Labute approximate surface area is 322 Å². The summed E-state index contributed by atoms with van der Waals surface area (Å²) in [4.78, 5) is 53.8. The average molecular weight is 780 g/mol. The number of amides is 3. The number of hydrogen-bond donors (Lipinski definition) is 2. The van der Waals surface area contributed by atoms with Gasteiger partial charge in [0.15, 0.2) is 0 Å². The van der Waals surface area contributed by atoms with Gasteiger partial charge in [0.1, 0.15) is 33.8 Å². The molecule has 54 heavy (non-hydrogen) atoms. The van der Waals surface area contributed by atoms with Gasteiger partial charge in [-0.3, -0.25) is 19.1 Å². The minimum Gasteiger partial charge on any atom is -0.496 e. The Morgan fingerprint density at radius 2 is 1.87 bits per heavy atom. The molecule has 1 unspecified atom stereocenters. The van der Waals surface area contributed by atoms with Crippen molar-refractivity contribution in [2.75, 3.05) is 20.7 Å². The molecule has 0 radical (unpaired) electrons. The number of pyridine rings is 1. The number of carbonyl (C=O) groups excluding carboxylic acids is 3. The van der Waals surface area contributed by atoms with E-state index < -0.39 is 50.6 Å². The summed E-state index contributed by atoms with van der Waals surface area (Å²) in [5.74, 6) is -1.68. The minimum absolute atomic E-state index is 0.152. The summed E-state index contributed by atoms with van der Waals surface area (Å²) in [6.07, 6.45) is 7.52. The molecule has 0 bridgehead atoms. The van der Waals surface area contributed by atoms with Crippen LogP contribution in [0, 0.1) is 17.8 Å². The second-order valence-corrected chi connectivity index (χ2v) is 18.3. The van der Waals surface area contributed by atoms with Gasteiger partial charge in [-0.2, -0.15) is 0 Å². The van der Waals surface area contributed by atoms with Crippen LogP contribution in [-0.2, 0) is 30.8 Å². The van der Waals surface area contributed by atoms with Crippen molar-refractivity contribution < 1.29 is 32.3 Å². The van der Waals surface area contributed by atoms with Crippen molar-refractivity contribution in [3.05, 3.63) is 47.0 Å². The molecule has 1 aliphatic heterocycles. The molecule has 1 aromatic carbocycles. The van der Waals surface area contributed by atoms with Crippen molar-refractivity contribution in [2.45, 2.75) is 109 Å². The zero-order chi connectivity index (χ0) is 38.9. The van der Waals surface area contributed by atoms with E-state index in [1.165, 1.54) is 11.3 Å². The number of fused-ring (bicyclic) bond motifs is 3. The zero-order valence-electron chi connectivity index (χ0n) is 32.3. The van der Waals surface area contributed by atoms with Gasteiger partial charge < -0.3 is 19.7 Å². The Kier molecular flexibility index (Phi) is 11.7. The molecule has 6 rings (SSSR count). The van der Waals surface area contributed by atoms with Crippen LogP contribution < -0.4 is 19.5 Å². The molecule has 0 saturated heterocycles. The summed E-state index contributed by atoms with van der Waals surface area (Å²) in [7, 11) is -0.551. The van der Waals surface area contributed by atoms with Crippen LogP contribution >= 0.6 is 11.3 Å². The maximum atomic E-state index is 14.4. The summed E-state index contributed by atoms with van der Waals surface area (Å²) < 4.78 is 40.7. The van der Waals surface area contributed by atoms with Crippen molar-refractivity contribution in [1.29, 1.82) is 0 Å². The highest BCUT2D eigenvalue weighted by molar-refractivity contribution is 7.90. The Hall–Kier alpha value is -4.04. The summed E-state index contributed by atoms with van der Waals surface area (Å²) in [6.45, 7) is 10.1. The van der Waals surface area contributed by atoms with Crippen LogP contribution in [0.3, 0.4) is 0 Å². The SMILES string of the molecule is CCc1c(OC)ccc2c(O[C@@H]3C[C@H]4C(=O)N[C@]5(C(=O)NS(=O)(=O)C(C)CC)C[C@H]5/C=C\CCCCN(C)C(=O)[C@@H]4C3)cc(-c3nc(C(C)C)cs3)nc12. The lowest BCUT2D eigenvalue weighted by Crippen LogP contribution is -2.55. The molecule has 14 heteroatoms. The molecule has 3 aliphatic rings. The Balaban J connectivity index is 1.35. The number of thiazole rings is 1. The quantitative estimate of drug-likeness (QED) is 0.231. The summed E-state index contributed by atoms with van der Waals surface area (Å²) in [5, 5.41) is 5.78. The lowest BCUT2D eigenvalue weighted by molar-refractivity contribution is -0.140. The predicted molar refractivity (Wildman–Crippen MR) is 210 cm³/mol. The monoisotopic (exact) mass is 779 g/mol. The van der Waals surface area contributed by atoms with Gasteiger partial charge >= 0.3 is 0 Å². The summed E-state index contributed by atoms with van der Waals surface area (Å²) >= 11 is 1.52. The molecule has 2 aliphatic carbocycles. The number of nitrogens with zero attached hydrogens (tertiary/aromatic N) is 3. The molecule has 2 N–H and O–H groups in total. The van der Waals surface area contributed by atoms with Crippen molar-refractivity contribution >= 4 is 50.0 Å². The first-order valence-electron chi connectivity index (χ1n) is 19.2. The highest BCUT2D eigenvalue weighted by Crippen LogP contribution is 2.47. The third-order valence-corrected chi connectivity index (χ3v) is 14.1. The molecule has 2 aromatic heterocycles. The molecule has 292 valence electrons. The van der Waals surface area contributed by atoms with Crippen molar-refractivity contribution in [2.24, 2.45) is 17.8 Å². The molecule has 2 saturated carbocycles. The van der Waals surface area contributed by atoms with Crippen molar-refractivity contribution in [3.8, 4) is 22.2 Å². The molecular weight excluding hydrogens is 727 g/mol. The lowest BCUT2D eigenvalue weighted by Gasteiger charge is -2.27. The van der Waals surface area contributed by atoms with Crippen LogP contribution in [0.15, 0.2) is 35.7 Å². The largest absolute Gasteiger partial charge is 0.496 e. The van der Waals surface area contributed by atoms with Gasteiger partial charge in [0.25, 0.3) is 5.91 Å². The third kappa shape index (κ3) is 7.87.